The number of nitro groups is 1. The first-order chi connectivity index (χ1) is 14.9. The lowest BCUT2D eigenvalue weighted by molar-refractivity contribution is -0.384. The van der Waals surface area contributed by atoms with Gasteiger partial charge in [-0.25, -0.2) is 14.2 Å². The average molecular weight is 436 g/mol. The number of para-hydroxylation sites is 1. The second-order valence-electron chi connectivity index (χ2n) is 6.37. The Kier molecular flexibility index (Phi) is 5.42. The minimum atomic E-state index is -1.55. The molecule has 0 amide bonds. The summed E-state index contributed by atoms with van der Waals surface area (Å²) in [5.74, 6) is -0.470. The average Bonchev–Trinajstić information content (AvgIpc) is 3.23. The van der Waals surface area contributed by atoms with Crippen molar-refractivity contribution in [2.45, 2.75) is 0 Å². The van der Waals surface area contributed by atoms with Gasteiger partial charge in [0.2, 0.25) is 0 Å². The lowest BCUT2D eigenvalue weighted by Gasteiger charge is -2.10. The Morgan fingerprint density at radius 3 is 2.45 bits per heavy atom. The van der Waals surface area contributed by atoms with Crippen LogP contribution in [0, 0.1) is 15.9 Å². The monoisotopic (exact) mass is 436 g/mol. The van der Waals surface area contributed by atoms with Gasteiger partial charge in [-0.15, -0.1) is 11.3 Å². The molecule has 0 saturated heterocycles. The van der Waals surface area contributed by atoms with Gasteiger partial charge in [0.25, 0.3) is 5.69 Å². The Bertz CT molecular complexity index is 1300. The number of halogens is 1. The summed E-state index contributed by atoms with van der Waals surface area (Å²) in [6, 6.07) is 16.9. The maximum absolute atomic E-state index is 14.1. The maximum atomic E-state index is 14.1. The number of hydrogen-bond acceptors (Lipinski definition) is 6. The van der Waals surface area contributed by atoms with Crippen LogP contribution in [0.2, 0.25) is 0 Å². The van der Waals surface area contributed by atoms with E-state index < -0.39 is 16.9 Å². The van der Waals surface area contributed by atoms with Crippen LogP contribution in [0.25, 0.3) is 33.0 Å². The van der Waals surface area contributed by atoms with Crippen molar-refractivity contribution < 1.29 is 24.0 Å². The second kappa shape index (κ2) is 8.33. The molecule has 31 heavy (non-hydrogen) atoms. The number of nitrogens with zero attached hydrogens (tertiary/aromatic N) is 2. The summed E-state index contributed by atoms with van der Waals surface area (Å²) in [7, 11) is 0. The van der Waals surface area contributed by atoms with Gasteiger partial charge in [-0.3, -0.25) is 10.1 Å². The lowest BCUT2D eigenvalue weighted by Crippen LogP contribution is -2.05. The smallest absolute Gasteiger partial charge is 0.449 e. The normalized spacial score (nSPS) is 10.6. The third-order valence-electron chi connectivity index (χ3n) is 4.47. The zero-order valence-electron chi connectivity index (χ0n) is 15.7. The third-order valence-corrected chi connectivity index (χ3v) is 5.36. The van der Waals surface area contributed by atoms with Crippen LogP contribution < -0.4 is 4.74 Å². The molecule has 3 aromatic carbocycles. The van der Waals surface area contributed by atoms with Gasteiger partial charge in [-0.1, -0.05) is 30.3 Å². The molecule has 1 aromatic heterocycles. The summed E-state index contributed by atoms with van der Waals surface area (Å²) in [6.07, 6.45) is -1.55. The highest BCUT2D eigenvalue weighted by Gasteiger charge is 2.20. The van der Waals surface area contributed by atoms with E-state index in [9.17, 15) is 19.3 Å². The first-order valence-electron chi connectivity index (χ1n) is 8.93. The molecule has 0 atom stereocenters. The number of thiazole rings is 1. The first kappa shape index (κ1) is 20.2. The third kappa shape index (κ3) is 4.12. The van der Waals surface area contributed by atoms with E-state index in [-0.39, 0.29) is 22.6 Å². The highest BCUT2D eigenvalue weighted by Crippen LogP contribution is 2.39. The van der Waals surface area contributed by atoms with E-state index in [2.05, 4.69) is 4.98 Å². The zero-order chi connectivity index (χ0) is 22.0. The van der Waals surface area contributed by atoms with Gasteiger partial charge in [0, 0.05) is 28.1 Å². The van der Waals surface area contributed by atoms with Crippen LogP contribution in [0.3, 0.4) is 0 Å². The molecule has 1 N–H and O–H groups in total. The van der Waals surface area contributed by atoms with Crippen LogP contribution in [0.1, 0.15) is 0 Å². The van der Waals surface area contributed by atoms with Crippen molar-refractivity contribution in [2.75, 3.05) is 0 Å². The lowest BCUT2D eigenvalue weighted by atomic mass is 10.0. The molecule has 0 fully saturated rings. The molecular weight excluding hydrogens is 423 g/mol. The molecule has 0 saturated carbocycles. The predicted octanol–water partition coefficient (Wildman–Crippen LogP) is 6.25. The summed E-state index contributed by atoms with van der Waals surface area (Å²) in [5.41, 5.74) is 1.63. The standard InChI is InChI=1S/C22H13FN2O5S/c23-17-7-3-1-6-16(17)18-12-31-21(24-18)13-9-10-15(20(11-13)30-22(26)27)14-5-2-4-8-19(14)25(28)29/h1-12H,(H,26,27). The van der Waals surface area contributed by atoms with Crippen LogP contribution in [0.4, 0.5) is 14.9 Å². The van der Waals surface area contributed by atoms with Gasteiger partial charge in [-0.2, -0.15) is 0 Å². The molecule has 4 aromatic rings. The van der Waals surface area contributed by atoms with E-state index in [1.54, 1.807) is 41.8 Å². The summed E-state index contributed by atoms with van der Waals surface area (Å²) in [6.45, 7) is 0. The predicted molar refractivity (Wildman–Crippen MR) is 114 cm³/mol. The molecule has 0 spiro atoms. The van der Waals surface area contributed by atoms with Crippen molar-refractivity contribution in [3.63, 3.8) is 0 Å². The quantitative estimate of drug-likeness (QED) is 0.172. The highest BCUT2D eigenvalue weighted by molar-refractivity contribution is 7.13. The van der Waals surface area contributed by atoms with Crippen molar-refractivity contribution in [3.8, 4) is 38.7 Å². The summed E-state index contributed by atoms with van der Waals surface area (Å²) in [4.78, 5) is 26.5. The van der Waals surface area contributed by atoms with E-state index in [0.717, 1.165) is 0 Å². The van der Waals surface area contributed by atoms with Gasteiger partial charge >= 0.3 is 6.16 Å². The number of carbonyl (C=O) groups is 1. The Hall–Kier alpha value is -4.11. The minimum absolute atomic E-state index is 0.0676. The number of carboxylic acid groups (broad SMARTS) is 1. The Balaban J connectivity index is 1.80. The van der Waals surface area contributed by atoms with E-state index in [1.807, 2.05) is 0 Å². The number of ether oxygens (including phenoxy) is 1. The second-order valence-corrected chi connectivity index (χ2v) is 7.23. The van der Waals surface area contributed by atoms with Gasteiger partial charge in [0.15, 0.2) is 0 Å². The van der Waals surface area contributed by atoms with Crippen molar-refractivity contribution >= 4 is 23.2 Å². The van der Waals surface area contributed by atoms with Gasteiger partial charge in [0.05, 0.1) is 16.2 Å². The van der Waals surface area contributed by atoms with Crippen LogP contribution >= 0.6 is 11.3 Å². The number of aromatic nitrogens is 1. The van der Waals surface area contributed by atoms with Crippen LogP contribution in [0.5, 0.6) is 5.75 Å². The van der Waals surface area contributed by atoms with E-state index in [1.165, 1.54) is 41.7 Å². The van der Waals surface area contributed by atoms with Crippen LogP contribution in [-0.2, 0) is 0 Å². The Morgan fingerprint density at radius 2 is 1.74 bits per heavy atom. The number of nitro benzene ring substituents is 1. The first-order valence-corrected chi connectivity index (χ1v) is 9.81. The summed E-state index contributed by atoms with van der Waals surface area (Å²) >= 11 is 1.25. The SMILES string of the molecule is O=C(O)Oc1cc(-c2nc(-c3ccccc3F)cs2)ccc1-c1ccccc1[N+](=O)[O-]. The number of rotatable bonds is 5. The van der Waals surface area contributed by atoms with Crippen molar-refractivity contribution in [1.29, 1.82) is 0 Å². The summed E-state index contributed by atoms with van der Waals surface area (Å²) < 4.78 is 19.0. The Morgan fingerprint density at radius 1 is 1.03 bits per heavy atom. The van der Waals surface area contributed by atoms with Crippen LogP contribution in [0.15, 0.2) is 72.1 Å². The maximum Gasteiger partial charge on any atom is 0.511 e. The zero-order valence-corrected chi connectivity index (χ0v) is 16.5. The molecule has 9 heteroatoms. The van der Waals surface area contributed by atoms with Gasteiger partial charge in [0.1, 0.15) is 16.6 Å². The van der Waals surface area contributed by atoms with Crippen LogP contribution in [-0.4, -0.2) is 21.2 Å². The highest BCUT2D eigenvalue weighted by atomic mass is 32.1. The molecule has 0 bridgehead atoms. The van der Waals surface area contributed by atoms with Crippen molar-refractivity contribution in [2.24, 2.45) is 0 Å². The van der Waals surface area contributed by atoms with E-state index in [4.69, 9.17) is 9.84 Å². The van der Waals surface area contributed by atoms with E-state index >= 15 is 0 Å². The molecule has 0 unspecified atom stereocenters. The molecule has 7 nitrogen and oxygen atoms in total. The summed E-state index contributed by atoms with van der Waals surface area (Å²) in [5, 5.41) is 22.8. The largest absolute Gasteiger partial charge is 0.511 e. The molecular formula is C22H13FN2O5S. The van der Waals surface area contributed by atoms with Gasteiger partial charge in [-0.05, 0) is 30.3 Å². The fourth-order valence-corrected chi connectivity index (χ4v) is 3.93. The molecule has 4 rings (SSSR count). The van der Waals surface area contributed by atoms with Crippen molar-refractivity contribution in [3.05, 3.63) is 88.0 Å². The van der Waals surface area contributed by atoms with Crippen molar-refractivity contribution in [1.82, 2.24) is 4.98 Å². The molecule has 1 heterocycles. The minimum Gasteiger partial charge on any atom is -0.449 e. The number of benzene rings is 3. The fourth-order valence-electron chi connectivity index (χ4n) is 3.12. The molecule has 0 aliphatic rings. The molecule has 0 aliphatic heterocycles. The molecule has 0 radical (unpaired) electrons. The van der Waals surface area contributed by atoms with Gasteiger partial charge < -0.3 is 9.84 Å². The molecule has 154 valence electrons. The Labute approximate surface area is 179 Å². The van der Waals surface area contributed by atoms with E-state index in [0.29, 0.717) is 21.8 Å². The molecule has 0 aliphatic carbocycles. The number of hydrogen-bond donors (Lipinski definition) is 1. The topological polar surface area (TPSA) is 103 Å². The fraction of sp³-hybridized carbons (Fsp3) is 0.